The van der Waals surface area contributed by atoms with E-state index < -0.39 is 0 Å². The summed E-state index contributed by atoms with van der Waals surface area (Å²) < 4.78 is 4.78. The van der Waals surface area contributed by atoms with Gasteiger partial charge >= 0.3 is 0 Å². The van der Waals surface area contributed by atoms with Crippen molar-refractivity contribution in [3.8, 4) is 34.6 Å². The summed E-state index contributed by atoms with van der Waals surface area (Å²) in [5, 5.41) is 25.7. The molecule has 0 aliphatic rings. The lowest BCUT2D eigenvalue weighted by Crippen LogP contribution is -2.11. The molecule has 0 amide bonds. The van der Waals surface area contributed by atoms with E-state index in [0.29, 0.717) is 11.1 Å². The van der Waals surface area contributed by atoms with Crippen molar-refractivity contribution in [3.05, 3.63) is 143 Å². The molecule has 2 heterocycles. The zero-order valence-corrected chi connectivity index (χ0v) is 36.2. The zero-order valence-electron chi connectivity index (χ0n) is 36.2. The van der Waals surface area contributed by atoms with Crippen LogP contribution in [0.3, 0.4) is 0 Å². The summed E-state index contributed by atoms with van der Waals surface area (Å²) in [4.78, 5) is 0. The molecule has 0 aliphatic carbocycles. The molecule has 0 aliphatic heterocycles. The van der Waals surface area contributed by atoms with Gasteiger partial charge in [-0.3, -0.25) is 0 Å². The highest BCUT2D eigenvalue weighted by Gasteiger charge is 2.26. The van der Waals surface area contributed by atoms with Crippen LogP contribution in [0, 0.1) is 22.7 Å². The fraction of sp³-hybridized carbons (Fsp3) is 0.296. The Labute approximate surface area is 344 Å². The fourth-order valence-corrected chi connectivity index (χ4v) is 8.45. The molecule has 0 radical (unpaired) electrons. The topological polar surface area (TPSA) is 57.4 Å². The highest BCUT2D eigenvalue weighted by atomic mass is 15.1. The number of hydrogen-bond acceptors (Lipinski definition) is 2. The quantitative estimate of drug-likeness (QED) is 0.180. The highest BCUT2D eigenvalue weighted by Crippen LogP contribution is 2.44. The SMILES string of the molecule is CC(C)(C)c1ccc2c(c1)c1cc(C(C)(C)C)ccc1n2-c1cc(C#N)c(-c2cccc(C#N)c2)cc1-n1c2ccc(C(C)(C)C)cc2c2cc(C(C)(C)C)ccc21. The van der Waals surface area contributed by atoms with E-state index in [9.17, 15) is 10.5 Å². The van der Waals surface area contributed by atoms with Crippen molar-refractivity contribution in [1.29, 1.82) is 10.5 Å². The van der Waals surface area contributed by atoms with Crippen molar-refractivity contribution in [2.75, 3.05) is 0 Å². The van der Waals surface area contributed by atoms with Gasteiger partial charge in [0.25, 0.3) is 0 Å². The molecule has 0 spiro atoms. The number of benzene rings is 6. The van der Waals surface area contributed by atoms with E-state index in [1.807, 2.05) is 24.3 Å². The van der Waals surface area contributed by atoms with Crippen LogP contribution >= 0.6 is 0 Å². The molecule has 0 saturated heterocycles. The number of nitrogens with zero attached hydrogens (tertiary/aromatic N) is 4. The molecule has 8 rings (SSSR count). The first-order valence-corrected chi connectivity index (χ1v) is 20.5. The first kappa shape index (κ1) is 38.8. The molecule has 0 saturated carbocycles. The van der Waals surface area contributed by atoms with Crippen LogP contribution in [0.2, 0.25) is 0 Å². The molecule has 290 valence electrons. The molecule has 4 nitrogen and oxygen atoms in total. The molecule has 0 N–H and O–H groups in total. The van der Waals surface area contributed by atoms with Gasteiger partial charge in [0.15, 0.2) is 0 Å². The van der Waals surface area contributed by atoms with Gasteiger partial charge in [0.05, 0.1) is 56.7 Å². The third-order valence-corrected chi connectivity index (χ3v) is 12.0. The second-order valence-electron chi connectivity index (χ2n) is 20.3. The van der Waals surface area contributed by atoms with Crippen molar-refractivity contribution in [2.45, 2.75) is 105 Å². The van der Waals surface area contributed by atoms with E-state index in [1.165, 1.54) is 43.8 Å². The van der Waals surface area contributed by atoms with Gasteiger partial charge in [-0.25, -0.2) is 0 Å². The van der Waals surface area contributed by atoms with Gasteiger partial charge in [-0.2, -0.15) is 10.5 Å². The number of aromatic nitrogens is 2. The zero-order chi connectivity index (χ0) is 41.7. The molecule has 0 unspecified atom stereocenters. The third-order valence-electron chi connectivity index (χ3n) is 12.0. The van der Waals surface area contributed by atoms with E-state index in [1.54, 1.807) is 0 Å². The van der Waals surface area contributed by atoms with E-state index in [4.69, 9.17) is 0 Å². The fourth-order valence-electron chi connectivity index (χ4n) is 8.45. The van der Waals surface area contributed by atoms with Gasteiger partial charge in [0.1, 0.15) is 0 Å². The molecule has 6 aromatic carbocycles. The summed E-state index contributed by atoms with van der Waals surface area (Å²) in [6.07, 6.45) is 0. The number of hydrogen-bond donors (Lipinski definition) is 0. The second kappa shape index (κ2) is 13.2. The van der Waals surface area contributed by atoms with Crippen molar-refractivity contribution in [1.82, 2.24) is 9.13 Å². The van der Waals surface area contributed by atoms with Gasteiger partial charge in [-0.15, -0.1) is 0 Å². The second-order valence-corrected chi connectivity index (χ2v) is 20.3. The van der Waals surface area contributed by atoms with Crippen LogP contribution in [0.15, 0.2) is 109 Å². The number of rotatable bonds is 3. The molecule has 8 aromatic rings. The maximum Gasteiger partial charge on any atom is 0.0998 e. The van der Waals surface area contributed by atoms with Crippen molar-refractivity contribution in [3.63, 3.8) is 0 Å². The Bertz CT molecular complexity index is 2910. The smallest absolute Gasteiger partial charge is 0.0998 e. The summed E-state index contributed by atoms with van der Waals surface area (Å²) in [6.45, 7) is 27.2. The molecule has 0 atom stereocenters. The lowest BCUT2D eigenvalue weighted by molar-refractivity contribution is 0.590. The Morgan fingerprint density at radius 2 is 0.759 bits per heavy atom. The molecule has 2 aromatic heterocycles. The first-order valence-electron chi connectivity index (χ1n) is 20.5. The van der Waals surface area contributed by atoms with Crippen molar-refractivity contribution >= 4 is 43.6 Å². The number of fused-ring (bicyclic) bond motifs is 6. The molecular weight excluding hydrogens is 705 g/mol. The number of nitriles is 2. The third kappa shape index (κ3) is 6.46. The van der Waals surface area contributed by atoms with Crippen molar-refractivity contribution < 1.29 is 0 Å². The van der Waals surface area contributed by atoms with E-state index in [-0.39, 0.29) is 21.7 Å². The van der Waals surface area contributed by atoms with Crippen molar-refractivity contribution in [2.24, 2.45) is 0 Å². The molecule has 58 heavy (non-hydrogen) atoms. The summed E-state index contributed by atoms with van der Waals surface area (Å²) in [5.74, 6) is 0. The van der Waals surface area contributed by atoms with Crippen LogP contribution in [0.5, 0.6) is 0 Å². The first-order chi connectivity index (χ1) is 27.2. The minimum absolute atomic E-state index is 0.0379. The van der Waals surface area contributed by atoms with E-state index in [2.05, 4.69) is 189 Å². The average Bonchev–Trinajstić information content (AvgIpc) is 3.67. The van der Waals surface area contributed by atoms with Gasteiger partial charge in [0.2, 0.25) is 0 Å². The van der Waals surface area contributed by atoms with Gasteiger partial charge < -0.3 is 9.13 Å². The summed E-state index contributed by atoms with van der Waals surface area (Å²) in [6, 6.07) is 44.4. The Kier molecular flexibility index (Phi) is 8.84. The summed E-state index contributed by atoms with van der Waals surface area (Å²) >= 11 is 0. The van der Waals surface area contributed by atoms with Crippen LogP contribution < -0.4 is 0 Å². The standard InChI is InChI=1S/C54H54N4/c1-51(2,3)36-16-20-45-41(26-36)42-27-37(52(4,5)6)17-21-46(42)57(45)49-25-35(32-56)40(34-15-13-14-33(24-34)31-55)30-50(49)58-47-22-18-38(53(7,8)9)28-43(47)44-29-39(54(10,11)12)19-23-48(44)58/h13-30H,1-12H3. The molecule has 4 heteroatoms. The Morgan fingerprint density at radius 3 is 1.09 bits per heavy atom. The van der Waals surface area contributed by atoms with Crippen LogP contribution in [-0.2, 0) is 21.7 Å². The predicted molar refractivity (Wildman–Crippen MR) is 245 cm³/mol. The van der Waals surface area contributed by atoms with Crippen LogP contribution in [0.1, 0.15) is 116 Å². The van der Waals surface area contributed by atoms with E-state index in [0.717, 1.165) is 44.6 Å². The Balaban J connectivity index is 1.58. The maximum atomic E-state index is 11.0. The minimum atomic E-state index is -0.0381. The molecule has 0 bridgehead atoms. The largest absolute Gasteiger partial charge is 0.307 e. The van der Waals surface area contributed by atoms with Crippen LogP contribution in [0.4, 0.5) is 0 Å². The Hall–Kier alpha value is -6.10. The molecule has 0 fully saturated rings. The molecular formula is C54H54N4. The monoisotopic (exact) mass is 758 g/mol. The normalized spacial score (nSPS) is 12.8. The van der Waals surface area contributed by atoms with Crippen LogP contribution in [0.25, 0.3) is 66.1 Å². The Morgan fingerprint density at radius 1 is 0.397 bits per heavy atom. The summed E-state index contributed by atoms with van der Waals surface area (Å²) in [7, 11) is 0. The minimum Gasteiger partial charge on any atom is -0.307 e. The summed E-state index contributed by atoms with van der Waals surface area (Å²) in [5.41, 5.74) is 13.9. The van der Waals surface area contributed by atoms with Gasteiger partial charge in [-0.05, 0) is 122 Å². The average molecular weight is 759 g/mol. The lowest BCUT2D eigenvalue weighted by atomic mass is 9.85. The van der Waals surface area contributed by atoms with E-state index >= 15 is 0 Å². The maximum absolute atomic E-state index is 11.0. The van der Waals surface area contributed by atoms with Crippen LogP contribution in [-0.4, -0.2) is 9.13 Å². The highest BCUT2D eigenvalue weighted by molar-refractivity contribution is 6.12. The predicted octanol–water partition coefficient (Wildman–Crippen LogP) is 14.5. The lowest BCUT2D eigenvalue weighted by Gasteiger charge is -2.22. The van der Waals surface area contributed by atoms with Gasteiger partial charge in [-0.1, -0.05) is 119 Å². The van der Waals surface area contributed by atoms with Gasteiger partial charge in [0, 0.05) is 27.1 Å².